The summed E-state index contributed by atoms with van der Waals surface area (Å²) in [6.45, 7) is 0. The molecule has 0 saturated carbocycles. The molecule has 0 aliphatic rings. The van der Waals surface area contributed by atoms with Crippen molar-refractivity contribution in [3.63, 3.8) is 0 Å². The van der Waals surface area contributed by atoms with Crippen molar-refractivity contribution in [1.82, 2.24) is 4.98 Å². The third-order valence-electron chi connectivity index (χ3n) is 2.54. The number of amides is 1. The van der Waals surface area contributed by atoms with Crippen molar-refractivity contribution in [2.24, 2.45) is 0 Å². The second-order valence-corrected chi connectivity index (χ2v) is 4.55. The van der Waals surface area contributed by atoms with Gasteiger partial charge >= 0.3 is 5.97 Å². The van der Waals surface area contributed by atoms with Crippen LogP contribution in [0, 0.1) is 0 Å². The average Bonchev–Trinajstić information content (AvgIpc) is 2.46. The maximum Gasteiger partial charge on any atom is 0.337 e. The van der Waals surface area contributed by atoms with Crippen molar-refractivity contribution >= 4 is 35.4 Å². The number of nitrogens with zero attached hydrogens (tertiary/aromatic N) is 1. The largest absolute Gasteiger partial charge is 0.478 e. The van der Waals surface area contributed by atoms with E-state index in [4.69, 9.17) is 16.7 Å². The number of benzene rings is 1. The van der Waals surface area contributed by atoms with E-state index in [1.54, 1.807) is 24.3 Å². The summed E-state index contributed by atoms with van der Waals surface area (Å²) < 4.78 is 0. The van der Waals surface area contributed by atoms with Gasteiger partial charge in [0, 0.05) is 17.3 Å². The lowest BCUT2D eigenvalue weighted by atomic mass is 10.2. The van der Waals surface area contributed by atoms with Gasteiger partial charge in [-0.15, -0.1) is 0 Å². The van der Waals surface area contributed by atoms with Crippen molar-refractivity contribution in [2.75, 3.05) is 5.32 Å². The molecule has 0 radical (unpaired) electrons. The number of aromatic nitrogens is 1. The van der Waals surface area contributed by atoms with Gasteiger partial charge in [0.25, 0.3) is 0 Å². The van der Waals surface area contributed by atoms with Crippen LogP contribution in [-0.4, -0.2) is 22.0 Å². The molecule has 0 atom stereocenters. The van der Waals surface area contributed by atoms with Crippen LogP contribution >= 0.6 is 11.6 Å². The Labute approximate surface area is 125 Å². The van der Waals surface area contributed by atoms with Gasteiger partial charge in [0.15, 0.2) is 0 Å². The van der Waals surface area contributed by atoms with Crippen LogP contribution in [0.2, 0.25) is 5.02 Å². The van der Waals surface area contributed by atoms with Gasteiger partial charge in [-0.3, -0.25) is 4.79 Å². The molecule has 1 amide bonds. The zero-order valence-corrected chi connectivity index (χ0v) is 11.5. The van der Waals surface area contributed by atoms with Gasteiger partial charge in [-0.1, -0.05) is 23.7 Å². The number of aromatic carboxylic acids is 1. The molecule has 0 bridgehead atoms. The predicted octanol–water partition coefficient (Wildman–Crippen LogP) is 3.09. The quantitative estimate of drug-likeness (QED) is 0.851. The highest BCUT2D eigenvalue weighted by Crippen LogP contribution is 2.12. The Morgan fingerprint density at radius 1 is 1.24 bits per heavy atom. The topological polar surface area (TPSA) is 79.3 Å². The summed E-state index contributed by atoms with van der Waals surface area (Å²) in [5.74, 6) is -1.16. The number of anilines is 1. The van der Waals surface area contributed by atoms with Gasteiger partial charge in [0.1, 0.15) is 5.82 Å². The number of carbonyl (C=O) groups excluding carboxylic acids is 1. The molecule has 0 saturated heterocycles. The molecule has 0 aliphatic heterocycles. The minimum atomic E-state index is -1.07. The first-order valence-corrected chi connectivity index (χ1v) is 6.36. The molecule has 106 valence electrons. The van der Waals surface area contributed by atoms with Crippen LogP contribution in [0.1, 0.15) is 15.9 Å². The number of carboxylic acids is 1. The average molecular weight is 303 g/mol. The maximum atomic E-state index is 11.7. The molecule has 0 aliphatic carbocycles. The van der Waals surface area contributed by atoms with Gasteiger partial charge in [-0.2, -0.15) is 0 Å². The minimum absolute atomic E-state index is 0.0578. The standard InChI is InChI=1S/C15H11ClN2O3/c16-12-3-1-2-10(8-12)4-7-14(19)18-13-6-5-11(9-17-13)15(20)21/h1-9H,(H,20,21)(H,17,18,19)/b7-4+. The van der Waals surface area contributed by atoms with Crippen LogP contribution in [0.15, 0.2) is 48.7 Å². The minimum Gasteiger partial charge on any atom is -0.478 e. The lowest BCUT2D eigenvalue weighted by molar-refractivity contribution is -0.111. The van der Waals surface area contributed by atoms with Crippen LogP contribution in [0.4, 0.5) is 5.82 Å². The number of carbonyl (C=O) groups is 2. The normalized spacial score (nSPS) is 10.5. The number of hydrogen-bond acceptors (Lipinski definition) is 3. The van der Waals surface area contributed by atoms with Gasteiger partial charge in [0.05, 0.1) is 5.56 Å². The molecule has 2 N–H and O–H groups in total. The van der Waals surface area contributed by atoms with Crippen molar-refractivity contribution < 1.29 is 14.7 Å². The van der Waals surface area contributed by atoms with E-state index in [0.717, 1.165) is 5.56 Å². The van der Waals surface area contributed by atoms with Crippen molar-refractivity contribution in [3.05, 3.63) is 64.8 Å². The van der Waals surface area contributed by atoms with Crippen LogP contribution in [-0.2, 0) is 4.79 Å². The fraction of sp³-hybridized carbons (Fsp3) is 0. The Kier molecular flexibility index (Phi) is 4.68. The molecule has 2 aromatic rings. The van der Waals surface area contributed by atoms with E-state index in [0.29, 0.717) is 5.02 Å². The van der Waals surface area contributed by atoms with E-state index in [9.17, 15) is 9.59 Å². The molecular weight excluding hydrogens is 292 g/mol. The number of rotatable bonds is 4. The number of hydrogen-bond donors (Lipinski definition) is 2. The van der Waals surface area contributed by atoms with E-state index >= 15 is 0 Å². The fourth-order valence-electron chi connectivity index (χ4n) is 1.54. The predicted molar refractivity (Wildman–Crippen MR) is 80.3 cm³/mol. The summed E-state index contributed by atoms with van der Waals surface area (Å²) in [6, 6.07) is 9.86. The highest BCUT2D eigenvalue weighted by molar-refractivity contribution is 6.30. The second-order valence-electron chi connectivity index (χ2n) is 4.11. The maximum absolute atomic E-state index is 11.7. The summed E-state index contributed by atoms with van der Waals surface area (Å²) in [5.41, 5.74) is 0.856. The number of nitrogens with one attached hydrogen (secondary N) is 1. The summed E-state index contributed by atoms with van der Waals surface area (Å²) in [4.78, 5) is 26.2. The van der Waals surface area contributed by atoms with E-state index in [1.807, 2.05) is 6.07 Å². The molecule has 6 heteroatoms. The first kappa shape index (κ1) is 14.7. The third-order valence-corrected chi connectivity index (χ3v) is 2.77. The summed E-state index contributed by atoms with van der Waals surface area (Å²) in [5, 5.41) is 11.9. The molecule has 2 rings (SSSR count). The fourth-order valence-corrected chi connectivity index (χ4v) is 1.74. The Morgan fingerprint density at radius 2 is 2.05 bits per heavy atom. The van der Waals surface area contributed by atoms with Gasteiger partial charge in [-0.25, -0.2) is 9.78 Å². The number of halogens is 1. The third kappa shape index (κ3) is 4.43. The molecule has 5 nitrogen and oxygen atoms in total. The molecule has 0 spiro atoms. The van der Waals surface area contributed by atoms with Gasteiger partial charge in [0.2, 0.25) is 5.91 Å². The Balaban J connectivity index is 1.99. The van der Waals surface area contributed by atoms with Crippen LogP contribution in [0.3, 0.4) is 0 Å². The zero-order chi connectivity index (χ0) is 15.2. The van der Waals surface area contributed by atoms with E-state index in [-0.39, 0.29) is 17.3 Å². The molecule has 0 fully saturated rings. The molecular formula is C15H11ClN2O3. The number of carboxylic acid groups (broad SMARTS) is 1. The molecule has 0 unspecified atom stereocenters. The van der Waals surface area contributed by atoms with Crippen LogP contribution in [0.25, 0.3) is 6.08 Å². The van der Waals surface area contributed by atoms with Gasteiger partial charge < -0.3 is 10.4 Å². The van der Waals surface area contributed by atoms with E-state index in [1.165, 1.54) is 24.4 Å². The Hall–Kier alpha value is -2.66. The molecule has 1 aromatic carbocycles. The number of pyridine rings is 1. The molecule has 1 heterocycles. The zero-order valence-electron chi connectivity index (χ0n) is 10.8. The summed E-state index contributed by atoms with van der Waals surface area (Å²) >= 11 is 5.84. The Morgan fingerprint density at radius 3 is 2.67 bits per heavy atom. The van der Waals surface area contributed by atoms with Crippen molar-refractivity contribution in [3.8, 4) is 0 Å². The SMILES string of the molecule is O=C(/C=C/c1cccc(Cl)c1)Nc1ccc(C(=O)O)cn1. The van der Waals surface area contributed by atoms with Crippen LogP contribution in [0.5, 0.6) is 0 Å². The summed E-state index contributed by atoms with van der Waals surface area (Å²) in [7, 11) is 0. The first-order chi connectivity index (χ1) is 10.0. The molecule has 1 aromatic heterocycles. The second kappa shape index (κ2) is 6.67. The van der Waals surface area contributed by atoms with Gasteiger partial charge in [-0.05, 0) is 35.9 Å². The lowest BCUT2D eigenvalue weighted by Crippen LogP contribution is -2.09. The van der Waals surface area contributed by atoms with Crippen molar-refractivity contribution in [2.45, 2.75) is 0 Å². The highest BCUT2D eigenvalue weighted by atomic mass is 35.5. The smallest absolute Gasteiger partial charge is 0.337 e. The molecule has 21 heavy (non-hydrogen) atoms. The lowest BCUT2D eigenvalue weighted by Gasteiger charge is -2.01. The monoisotopic (exact) mass is 302 g/mol. The van der Waals surface area contributed by atoms with E-state index < -0.39 is 5.97 Å². The Bertz CT molecular complexity index is 696. The highest BCUT2D eigenvalue weighted by Gasteiger charge is 2.04. The summed E-state index contributed by atoms with van der Waals surface area (Å²) in [6.07, 6.45) is 4.14. The van der Waals surface area contributed by atoms with Crippen LogP contribution < -0.4 is 5.32 Å². The van der Waals surface area contributed by atoms with E-state index in [2.05, 4.69) is 10.3 Å². The first-order valence-electron chi connectivity index (χ1n) is 5.98. The van der Waals surface area contributed by atoms with Crippen molar-refractivity contribution in [1.29, 1.82) is 0 Å².